The van der Waals surface area contributed by atoms with Gasteiger partial charge in [0.15, 0.2) is 0 Å². The summed E-state index contributed by atoms with van der Waals surface area (Å²) in [6, 6.07) is 5.05. The molecule has 0 aliphatic heterocycles. The van der Waals surface area contributed by atoms with E-state index in [9.17, 15) is 14.7 Å². The molecule has 21 heavy (non-hydrogen) atoms. The van der Waals surface area contributed by atoms with Gasteiger partial charge in [0, 0.05) is 10.6 Å². The molecule has 2 rings (SSSR count). The second-order valence-electron chi connectivity index (χ2n) is 4.65. The zero-order chi connectivity index (χ0) is 15.6. The maximum absolute atomic E-state index is 12.3. The zero-order valence-electron chi connectivity index (χ0n) is 12.1. The fourth-order valence-corrected chi connectivity index (χ4v) is 2.95. The van der Waals surface area contributed by atoms with Gasteiger partial charge in [0.2, 0.25) is 0 Å². The average Bonchev–Trinajstić information content (AvgIpc) is 2.81. The molecule has 110 valence electrons. The van der Waals surface area contributed by atoms with Crippen LogP contribution in [0.5, 0.6) is 0 Å². The molecule has 5 nitrogen and oxygen atoms in total. The number of rotatable bonds is 4. The van der Waals surface area contributed by atoms with Crippen molar-refractivity contribution in [1.82, 2.24) is 4.98 Å². The van der Waals surface area contributed by atoms with Crippen molar-refractivity contribution in [2.75, 3.05) is 5.32 Å². The van der Waals surface area contributed by atoms with Gasteiger partial charge in [-0.15, -0.1) is 11.3 Å². The van der Waals surface area contributed by atoms with Gasteiger partial charge < -0.3 is 10.4 Å². The molecule has 2 N–H and O–H groups in total. The first kappa shape index (κ1) is 15.2. The van der Waals surface area contributed by atoms with Gasteiger partial charge in [0.05, 0.1) is 16.8 Å². The van der Waals surface area contributed by atoms with Crippen LogP contribution in [0, 0.1) is 13.8 Å². The molecule has 2 aromatic heterocycles. The van der Waals surface area contributed by atoms with E-state index in [0.29, 0.717) is 16.3 Å². The molecule has 0 spiro atoms. The molecule has 0 radical (unpaired) electrons. The third-order valence-electron chi connectivity index (χ3n) is 3.06. The third-order valence-corrected chi connectivity index (χ3v) is 4.25. The van der Waals surface area contributed by atoms with Crippen molar-refractivity contribution < 1.29 is 14.7 Å². The van der Waals surface area contributed by atoms with Crippen LogP contribution in [-0.2, 0) is 6.42 Å². The van der Waals surface area contributed by atoms with E-state index in [0.717, 1.165) is 17.0 Å². The lowest BCUT2D eigenvalue weighted by Gasteiger charge is -2.07. The SMILES string of the molecule is CCc1cc(C(=O)O)c(NC(=O)c2ccc(C)nc2C)s1. The van der Waals surface area contributed by atoms with Crippen molar-refractivity contribution in [3.05, 3.63) is 45.6 Å². The van der Waals surface area contributed by atoms with Crippen LogP contribution in [0.4, 0.5) is 5.00 Å². The second kappa shape index (κ2) is 6.05. The van der Waals surface area contributed by atoms with Crippen molar-refractivity contribution in [2.45, 2.75) is 27.2 Å². The Morgan fingerprint density at radius 1 is 1.29 bits per heavy atom. The number of amides is 1. The van der Waals surface area contributed by atoms with Crippen molar-refractivity contribution in [2.24, 2.45) is 0 Å². The van der Waals surface area contributed by atoms with Crippen LogP contribution in [0.25, 0.3) is 0 Å². The quantitative estimate of drug-likeness (QED) is 0.908. The predicted octanol–water partition coefficient (Wildman–Crippen LogP) is 3.27. The maximum Gasteiger partial charge on any atom is 0.338 e. The van der Waals surface area contributed by atoms with Crippen LogP contribution in [-0.4, -0.2) is 22.0 Å². The van der Waals surface area contributed by atoms with E-state index >= 15 is 0 Å². The number of carbonyl (C=O) groups is 2. The number of nitrogens with zero attached hydrogens (tertiary/aromatic N) is 1. The summed E-state index contributed by atoms with van der Waals surface area (Å²) in [5, 5.41) is 12.2. The van der Waals surface area contributed by atoms with Crippen molar-refractivity contribution >= 4 is 28.2 Å². The number of hydrogen-bond acceptors (Lipinski definition) is 4. The van der Waals surface area contributed by atoms with Gasteiger partial charge in [-0.3, -0.25) is 9.78 Å². The predicted molar refractivity (Wildman–Crippen MR) is 82.3 cm³/mol. The highest BCUT2D eigenvalue weighted by atomic mass is 32.1. The van der Waals surface area contributed by atoms with Gasteiger partial charge in [-0.25, -0.2) is 4.79 Å². The Hall–Kier alpha value is -2.21. The minimum absolute atomic E-state index is 0.128. The average molecular weight is 304 g/mol. The van der Waals surface area contributed by atoms with Gasteiger partial charge in [0.25, 0.3) is 5.91 Å². The van der Waals surface area contributed by atoms with Crippen LogP contribution in [0.2, 0.25) is 0 Å². The van der Waals surface area contributed by atoms with Gasteiger partial charge in [0.1, 0.15) is 5.00 Å². The Labute approximate surface area is 126 Å². The number of anilines is 1. The van der Waals surface area contributed by atoms with Crippen molar-refractivity contribution in [1.29, 1.82) is 0 Å². The molecule has 6 heteroatoms. The lowest BCUT2D eigenvalue weighted by Crippen LogP contribution is -2.15. The lowest BCUT2D eigenvalue weighted by molar-refractivity contribution is 0.0698. The van der Waals surface area contributed by atoms with Crippen LogP contribution < -0.4 is 5.32 Å². The highest BCUT2D eigenvalue weighted by molar-refractivity contribution is 7.16. The third kappa shape index (κ3) is 3.28. The highest BCUT2D eigenvalue weighted by Gasteiger charge is 2.18. The molecule has 0 atom stereocenters. The first-order valence-electron chi connectivity index (χ1n) is 6.54. The number of aryl methyl sites for hydroxylation is 3. The van der Waals surface area contributed by atoms with Crippen LogP contribution >= 0.6 is 11.3 Å². The number of carboxylic acid groups (broad SMARTS) is 1. The molecule has 2 aromatic rings. The van der Waals surface area contributed by atoms with E-state index in [4.69, 9.17) is 0 Å². The van der Waals surface area contributed by atoms with Crippen LogP contribution in [0.15, 0.2) is 18.2 Å². The normalized spacial score (nSPS) is 10.4. The number of aromatic carboxylic acids is 1. The summed E-state index contributed by atoms with van der Waals surface area (Å²) >= 11 is 1.29. The second-order valence-corrected chi connectivity index (χ2v) is 5.79. The number of nitrogens with one attached hydrogen (secondary N) is 1. The first-order valence-corrected chi connectivity index (χ1v) is 7.35. The molecule has 0 aliphatic carbocycles. The molecular weight excluding hydrogens is 288 g/mol. The Balaban J connectivity index is 2.31. The molecule has 0 saturated heterocycles. The number of carboxylic acids is 1. The fraction of sp³-hybridized carbons (Fsp3) is 0.267. The van der Waals surface area contributed by atoms with Crippen molar-refractivity contribution in [3.63, 3.8) is 0 Å². The largest absolute Gasteiger partial charge is 0.478 e. The van der Waals surface area contributed by atoms with Crippen molar-refractivity contribution in [3.8, 4) is 0 Å². The number of hydrogen-bond donors (Lipinski definition) is 2. The summed E-state index contributed by atoms with van der Waals surface area (Å²) in [6.07, 6.45) is 0.728. The lowest BCUT2D eigenvalue weighted by atomic mass is 10.1. The minimum Gasteiger partial charge on any atom is -0.478 e. The molecule has 0 aliphatic rings. The van der Waals surface area contributed by atoms with E-state index < -0.39 is 5.97 Å². The highest BCUT2D eigenvalue weighted by Crippen LogP contribution is 2.29. The number of carbonyl (C=O) groups excluding carboxylic acids is 1. The maximum atomic E-state index is 12.3. The summed E-state index contributed by atoms with van der Waals surface area (Å²) in [4.78, 5) is 28.7. The van der Waals surface area contributed by atoms with E-state index in [-0.39, 0.29) is 11.5 Å². The molecular formula is C15H16N2O3S. The zero-order valence-corrected chi connectivity index (χ0v) is 12.9. The van der Waals surface area contributed by atoms with Crippen LogP contribution in [0.1, 0.15) is 43.9 Å². The first-order chi connectivity index (χ1) is 9.92. The van der Waals surface area contributed by atoms with E-state index in [2.05, 4.69) is 10.3 Å². The fourth-order valence-electron chi connectivity index (χ4n) is 1.97. The van der Waals surface area contributed by atoms with Gasteiger partial charge in [-0.1, -0.05) is 6.92 Å². The molecule has 0 fully saturated rings. The molecule has 0 bridgehead atoms. The summed E-state index contributed by atoms with van der Waals surface area (Å²) in [5.74, 6) is -1.38. The molecule has 0 saturated carbocycles. The number of pyridine rings is 1. The monoisotopic (exact) mass is 304 g/mol. The molecule has 2 heterocycles. The van der Waals surface area contributed by atoms with E-state index in [1.807, 2.05) is 13.8 Å². The standard InChI is InChI=1S/C15H16N2O3S/c1-4-10-7-12(15(19)20)14(21-10)17-13(18)11-6-5-8(2)16-9(11)3/h5-7H,4H2,1-3H3,(H,17,18)(H,19,20). The molecule has 1 amide bonds. The Morgan fingerprint density at radius 2 is 2.00 bits per heavy atom. The van der Waals surface area contributed by atoms with Gasteiger partial charge in [-0.05, 0) is 38.5 Å². The van der Waals surface area contributed by atoms with E-state index in [1.165, 1.54) is 11.3 Å². The Bertz CT molecular complexity index is 707. The number of aromatic nitrogens is 1. The summed E-state index contributed by atoms with van der Waals surface area (Å²) < 4.78 is 0. The van der Waals surface area contributed by atoms with E-state index in [1.54, 1.807) is 25.1 Å². The minimum atomic E-state index is -1.04. The van der Waals surface area contributed by atoms with Crippen LogP contribution in [0.3, 0.4) is 0 Å². The van der Waals surface area contributed by atoms with Gasteiger partial charge >= 0.3 is 5.97 Å². The summed E-state index contributed by atoms with van der Waals surface area (Å²) in [7, 11) is 0. The number of thiophene rings is 1. The molecule has 0 aromatic carbocycles. The topological polar surface area (TPSA) is 79.3 Å². The smallest absolute Gasteiger partial charge is 0.338 e. The van der Waals surface area contributed by atoms with Gasteiger partial charge in [-0.2, -0.15) is 0 Å². The summed E-state index contributed by atoms with van der Waals surface area (Å²) in [6.45, 7) is 5.55. The Kier molecular flexibility index (Phi) is 4.37. The molecule has 0 unspecified atom stereocenters. The summed E-state index contributed by atoms with van der Waals surface area (Å²) in [5.41, 5.74) is 2.03. The Morgan fingerprint density at radius 3 is 2.57 bits per heavy atom.